The maximum atomic E-state index is 13.5. The highest BCUT2D eigenvalue weighted by molar-refractivity contribution is 7.89. The molecule has 0 aromatic heterocycles. The molecular weight excluding hydrogens is 348 g/mol. The molecule has 21 heavy (non-hydrogen) atoms. The lowest BCUT2D eigenvalue weighted by atomic mass is 10.0. The molecule has 1 unspecified atom stereocenters. The summed E-state index contributed by atoms with van der Waals surface area (Å²) in [7, 11) is -4.23. The summed E-state index contributed by atoms with van der Waals surface area (Å²) in [5.41, 5.74) is -1.81. The van der Waals surface area contributed by atoms with E-state index < -0.39 is 50.3 Å². The summed E-state index contributed by atoms with van der Waals surface area (Å²) >= 11 is 11.0. The molecule has 0 aliphatic carbocycles. The zero-order valence-corrected chi connectivity index (χ0v) is 13.1. The van der Waals surface area contributed by atoms with E-state index in [1.807, 2.05) is 4.72 Å². The van der Waals surface area contributed by atoms with Gasteiger partial charge in [-0.1, -0.05) is 23.2 Å². The number of hydrogen-bond donors (Lipinski definition) is 3. The monoisotopic (exact) mass is 359 g/mol. The first-order chi connectivity index (χ1) is 9.46. The van der Waals surface area contributed by atoms with E-state index in [9.17, 15) is 22.7 Å². The average Bonchev–Trinajstić information content (AvgIpc) is 2.32. The Morgan fingerprint density at radius 3 is 2.52 bits per heavy atom. The van der Waals surface area contributed by atoms with Crippen LogP contribution in [0.5, 0.6) is 0 Å². The zero-order chi connectivity index (χ0) is 16.4. The molecule has 0 saturated heterocycles. The van der Waals surface area contributed by atoms with Crippen LogP contribution >= 0.6 is 23.2 Å². The standard InChI is InChI=1S/C11H12Cl2FNO5S/c1-11(18,4-8(16)17)5-15-21(19,20)7-3-2-6(12)10(14)9(7)13/h2-3,15,18H,4-5H2,1H3,(H,16,17). The quantitative estimate of drug-likeness (QED) is 0.669. The third-order valence-electron chi connectivity index (χ3n) is 2.46. The number of hydrogen-bond acceptors (Lipinski definition) is 4. The molecule has 0 bridgehead atoms. The molecule has 1 rings (SSSR count). The number of sulfonamides is 1. The van der Waals surface area contributed by atoms with Crippen LogP contribution in [0.1, 0.15) is 13.3 Å². The van der Waals surface area contributed by atoms with Crippen molar-refractivity contribution in [3.05, 3.63) is 28.0 Å². The zero-order valence-electron chi connectivity index (χ0n) is 10.7. The molecule has 1 aromatic carbocycles. The Hall–Kier alpha value is -0.930. The Balaban J connectivity index is 2.98. The second kappa shape index (κ2) is 6.45. The van der Waals surface area contributed by atoms with Crippen LogP contribution < -0.4 is 4.72 Å². The molecule has 0 spiro atoms. The van der Waals surface area contributed by atoms with Crippen LogP contribution in [0, 0.1) is 5.82 Å². The van der Waals surface area contributed by atoms with Crippen molar-refractivity contribution >= 4 is 39.2 Å². The molecule has 6 nitrogen and oxygen atoms in total. The third-order valence-corrected chi connectivity index (χ3v) is 4.68. The van der Waals surface area contributed by atoms with E-state index in [4.69, 9.17) is 28.3 Å². The van der Waals surface area contributed by atoms with Gasteiger partial charge in [-0.05, 0) is 19.1 Å². The van der Waals surface area contributed by atoms with Crippen LogP contribution in [0.3, 0.4) is 0 Å². The van der Waals surface area contributed by atoms with Crippen molar-refractivity contribution in [2.75, 3.05) is 6.54 Å². The lowest BCUT2D eigenvalue weighted by molar-refractivity contribution is -0.141. The smallest absolute Gasteiger partial charge is 0.306 e. The van der Waals surface area contributed by atoms with Gasteiger partial charge in [0.05, 0.1) is 22.1 Å². The van der Waals surface area contributed by atoms with E-state index in [0.717, 1.165) is 19.1 Å². The van der Waals surface area contributed by atoms with E-state index in [2.05, 4.69) is 0 Å². The summed E-state index contributed by atoms with van der Waals surface area (Å²) in [5.74, 6) is -2.38. The van der Waals surface area contributed by atoms with E-state index in [1.54, 1.807) is 0 Å². The molecular formula is C11H12Cl2FNO5S. The van der Waals surface area contributed by atoms with Gasteiger partial charge in [-0.2, -0.15) is 0 Å². The molecule has 0 fully saturated rings. The minimum absolute atomic E-state index is 0.336. The van der Waals surface area contributed by atoms with Crippen molar-refractivity contribution in [3.63, 3.8) is 0 Å². The fourth-order valence-corrected chi connectivity index (χ4v) is 3.34. The van der Waals surface area contributed by atoms with Crippen LogP contribution in [-0.4, -0.2) is 36.7 Å². The van der Waals surface area contributed by atoms with Crippen molar-refractivity contribution < 1.29 is 27.8 Å². The second-order valence-electron chi connectivity index (χ2n) is 4.57. The Morgan fingerprint density at radius 1 is 1.43 bits per heavy atom. The van der Waals surface area contributed by atoms with Gasteiger partial charge >= 0.3 is 5.97 Å². The molecule has 0 aliphatic rings. The summed E-state index contributed by atoms with van der Waals surface area (Å²) in [6, 6.07) is 2.02. The minimum Gasteiger partial charge on any atom is -0.481 e. The number of carbonyl (C=O) groups is 1. The molecule has 118 valence electrons. The summed E-state index contributed by atoms with van der Waals surface area (Å²) in [5, 5.41) is 17.3. The number of rotatable bonds is 6. The topological polar surface area (TPSA) is 104 Å². The van der Waals surface area contributed by atoms with Crippen molar-refractivity contribution in [2.45, 2.75) is 23.8 Å². The van der Waals surface area contributed by atoms with Gasteiger partial charge in [0.25, 0.3) is 0 Å². The maximum absolute atomic E-state index is 13.5. The van der Waals surface area contributed by atoms with Crippen LogP contribution in [0.15, 0.2) is 17.0 Å². The molecule has 0 radical (unpaired) electrons. The van der Waals surface area contributed by atoms with Gasteiger partial charge in [0.1, 0.15) is 4.90 Å². The van der Waals surface area contributed by atoms with Gasteiger partial charge in [-0.25, -0.2) is 17.5 Å². The number of carboxylic acid groups (broad SMARTS) is 1. The fraction of sp³-hybridized carbons (Fsp3) is 0.364. The first kappa shape index (κ1) is 18.1. The van der Waals surface area contributed by atoms with Gasteiger partial charge in [0.2, 0.25) is 10.0 Å². The van der Waals surface area contributed by atoms with Crippen LogP contribution in [0.25, 0.3) is 0 Å². The lowest BCUT2D eigenvalue weighted by Gasteiger charge is -2.21. The van der Waals surface area contributed by atoms with Gasteiger partial charge in [0, 0.05) is 6.54 Å². The minimum atomic E-state index is -4.23. The van der Waals surface area contributed by atoms with Crippen molar-refractivity contribution in [1.29, 1.82) is 0 Å². The van der Waals surface area contributed by atoms with Gasteiger partial charge in [-0.15, -0.1) is 0 Å². The average molecular weight is 360 g/mol. The number of halogens is 3. The predicted octanol–water partition coefficient (Wildman–Crippen LogP) is 1.64. The Bertz CT molecular complexity index is 663. The van der Waals surface area contributed by atoms with Gasteiger partial charge in [-0.3, -0.25) is 4.79 Å². The third kappa shape index (κ3) is 4.79. The summed E-state index contributed by atoms with van der Waals surface area (Å²) in [6.45, 7) is 0.565. The molecule has 0 saturated carbocycles. The highest BCUT2D eigenvalue weighted by Crippen LogP contribution is 2.29. The second-order valence-corrected chi connectivity index (χ2v) is 7.09. The predicted molar refractivity (Wildman–Crippen MR) is 74.5 cm³/mol. The molecule has 3 N–H and O–H groups in total. The highest BCUT2D eigenvalue weighted by Gasteiger charge is 2.28. The molecule has 1 aromatic rings. The number of carboxylic acids is 1. The van der Waals surface area contributed by atoms with E-state index in [1.165, 1.54) is 0 Å². The number of aliphatic carboxylic acids is 1. The van der Waals surface area contributed by atoms with Gasteiger partial charge < -0.3 is 10.2 Å². The van der Waals surface area contributed by atoms with Crippen molar-refractivity contribution in [1.82, 2.24) is 4.72 Å². The molecule has 0 aliphatic heterocycles. The lowest BCUT2D eigenvalue weighted by Crippen LogP contribution is -2.42. The number of benzene rings is 1. The summed E-state index contributed by atoms with van der Waals surface area (Å²) in [6.07, 6.45) is -0.668. The largest absolute Gasteiger partial charge is 0.481 e. The van der Waals surface area contributed by atoms with E-state index in [-0.39, 0.29) is 5.02 Å². The molecule has 1 atom stereocenters. The Kier molecular flexibility index (Phi) is 5.57. The molecule has 10 heteroatoms. The SMILES string of the molecule is CC(O)(CNS(=O)(=O)c1ccc(Cl)c(F)c1Cl)CC(=O)O. The highest BCUT2D eigenvalue weighted by atomic mass is 35.5. The van der Waals surface area contributed by atoms with Crippen LogP contribution in [0.2, 0.25) is 10.0 Å². The Labute approximate surface area is 130 Å². The Morgan fingerprint density at radius 2 is 2.00 bits per heavy atom. The number of aliphatic hydroxyl groups is 1. The van der Waals surface area contributed by atoms with Crippen LogP contribution in [0.4, 0.5) is 4.39 Å². The van der Waals surface area contributed by atoms with Crippen molar-refractivity contribution in [2.24, 2.45) is 0 Å². The van der Waals surface area contributed by atoms with Crippen molar-refractivity contribution in [3.8, 4) is 0 Å². The number of nitrogens with one attached hydrogen (secondary N) is 1. The fourth-order valence-electron chi connectivity index (χ4n) is 1.43. The first-order valence-electron chi connectivity index (χ1n) is 5.53. The normalized spacial score (nSPS) is 14.7. The molecule has 0 amide bonds. The van der Waals surface area contributed by atoms with E-state index >= 15 is 0 Å². The summed E-state index contributed by atoms with van der Waals surface area (Å²) in [4.78, 5) is 9.96. The first-order valence-corrected chi connectivity index (χ1v) is 7.77. The summed E-state index contributed by atoms with van der Waals surface area (Å²) < 4.78 is 39.4. The van der Waals surface area contributed by atoms with Crippen LogP contribution in [-0.2, 0) is 14.8 Å². The molecule has 0 heterocycles. The van der Waals surface area contributed by atoms with E-state index in [0.29, 0.717) is 0 Å². The maximum Gasteiger partial charge on any atom is 0.306 e. The van der Waals surface area contributed by atoms with Gasteiger partial charge in [0.15, 0.2) is 5.82 Å².